The topological polar surface area (TPSA) is 73.2 Å². The summed E-state index contributed by atoms with van der Waals surface area (Å²) in [7, 11) is 1.29. The average Bonchev–Trinajstić information content (AvgIpc) is 2.87. The van der Waals surface area contributed by atoms with Crippen molar-refractivity contribution in [2.24, 2.45) is 0 Å². The third-order valence-corrected chi connectivity index (χ3v) is 3.70. The van der Waals surface area contributed by atoms with E-state index in [2.05, 4.69) is 15.2 Å². The smallest absolute Gasteiger partial charge is 0.406 e. The number of amides is 1. The number of methoxy groups -OCH3 is 1. The van der Waals surface area contributed by atoms with E-state index in [-0.39, 0.29) is 12.1 Å². The number of aryl methyl sites for hydroxylation is 1. The van der Waals surface area contributed by atoms with Gasteiger partial charge < -0.3 is 10.1 Å². The van der Waals surface area contributed by atoms with Gasteiger partial charge in [0.05, 0.1) is 18.5 Å². The van der Waals surface area contributed by atoms with E-state index in [1.54, 1.807) is 17.4 Å². The predicted octanol–water partition coefficient (Wildman–Crippen LogP) is 1.64. The van der Waals surface area contributed by atoms with E-state index < -0.39 is 6.09 Å². The summed E-state index contributed by atoms with van der Waals surface area (Å²) in [5, 5.41) is 8.85. The molecule has 0 unspecified atom stereocenters. The number of carbonyl (C=O) groups excluding carboxylic acids is 1. The monoisotopic (exact) mass is 293 g/mol. The van der Waals surface area contributed by atoms with Crippen LogP contribution in [0.25, 0.3) is 10.6 Å². The molecule has 6 nitrogen and oxygen atoms in total. The number of aromatic nitrogens is 2. The maximum Gasteiger partial charge on any atom is 0.406 e. The van der Waals surface area contributed by atoms with Gasteiger partial charge in [-0.3, -0.25) is 4.79 Å². The van der Waals surface area contributed by atoms with E-state index in [4.69, 9.17) is 0 Å². The zero-order valence-corrected chi connectivity index (χ0v) is 12.1. The number of hydrogen-bond donors (Lipinski definition) is 1. The largest absolute Gasteiger partial charge is 0.453 e. The van der Waals surface area contributed by atoms with Gasteiger partial charge in [0.25, 0.3) is 5.56 Å². The van der Waals surface area contributed by atoms with Gasteiger partial charge in [-0.25, -0.2) is 9.48 Å². The van der Waals surface area contributed by atoms with Crippen LogP contribution in [0.15, 0.2) is 28.4 Å². The highest BCUT2D eigenvalue weighted by atomic mass is 32.1. The molecule has 0 saturated carbocycles. The van der Waals surface area contributed by atoms with E-state index in [9.17, 15) is 9.59 Å². The van der Waals surface area contributed by atoms with Crippen molar-refractivity contribution < 1.29 is 9.53 Å². The van der Waals surface area contributed by atoms with Crippen LogP contribution >= 0.6 is 11.3 Å². The van der Waals surface area contributed by atoms with Crippen LogP contribution in [-0.2, 0) is 11.3 Å². The molecular formula is C13H15N3O3S. The molecule has 2 rings (SSSR count). The summed E-state index contributed by atoms with van der Waals surface area (Å²) in [5.74, 6) is 0. The van der Waals surface area contributed by atoms with E-state index in [0.717, 1.165) is 16.1 Å². The first-order valence-electron chi connectivity index (χ1n) is 6.05. The summed E-state index contributed by atoms with van der Waals surface area (Å²) in [4.78, 5) is 23.7. The number of carbonyl (C=O) groups is 1. The average molecular weight is 293 g/mol. The molecule has 0 spiro atoms. The maximum absolute atomic E-state index is 11.7. The van der Waals surface area contributed by atoms with Crippen molar-refractivity contribution in [3.05, 3.63) is 39.5 Å². The molecule has 20 heavy (non-hydrogen) atoms. The second-order valence-electron chi connectivity index (χ2n) is 4.19. The first kappa shape index (κ1) is 14.3. The number of rotatable bonds is 4. The Morgan fingerprint density at radius 1 is 1.50 bits per heavy atom. The lowest BCUT2D eigenvalue weighted by atomic mass is 10.3. The molecule has 0 radical (unpaired) electrons. The first-order chi connectivity index (χ1) is 9.60. The van der Waals surface area contributed by atoms with Crippen molar-refractivity contribution in [1.82, 2.24) is 15.1 Å². The standard InChI is InChI=1S/C13H15N3O3S/c1-9-7-11(20-8-9)10-3-4-12(17)16(15-10)6-5-14-13(18)19-2/h3-4,7-8H,5-6H2,1-2H3,(H,14,18). The Kier molecular flexibility index (Phi) is 4.52. The van der Waals surface area contributed by atoms with Crippen molar-refractivity contribution in [3.8, 4) is 10.6 Å². The zero-order valence-electron chi connectivity index (χ0n) is 11.3. The van der Waals surface area contributed by atoms with Crippen LogP contribution < -0.4 is 10.9 Å². The minimum Gasteiger partial charge on any atom is -0.453 e. The van der Waals surface area contributed by atoms with Crippen molar-refractivity contribution >= 4 is 17.4 Å². The highest BCUT2D eigenvalue weighted by molar-refractivity contribution is 7.13. The van der Waals surface area contributed by atoms with Gasteiger partial charge in [0.1, 0.15) is 5.69 Å². The van der Waals surface area contributed by atoms with Crippen molar-refractivity contribution in [2.75, 3.05) is 13.7 Å². The van der Waals surface area contributed by atoms with Crippen LogP contribution in [0, 0.1) is 6.92 Å². The molecule has 106 valence electrons. The Morgan fingerprint density at radius 3 is 2.95 bits per heavy atom. The minimum absolute atomic E-state index is 0.200. The molecule has 2 heterocycles. The van der Waals surface area contributed by atoms with Crippen LogP contribution in [0.5, 0.6) is 0 Å². The van der Waals surface area contributed by atoms with E-state index in [0.29, 0.717) is 6.54 Å². The molecule has 0 aliphatic rings. The molecule has 0 aliphatic carbocycles. The van der Waals surface area contributed by atoms with Crippen molar-refractivity contribution in [2.45, 2.75) is 13.5 Å². The highest BCUT2D eigenvalue weighted by Gasteiger charge is 2.06. The SMILES string of the molecule is COC(=O)NCCn1nc(-c2cc(C)cs2)ccc1=O. The van der Waals surface area contributed by atoms with Crippen molar-refractivity contribution in [1.29, 1.82) is 0 Å². The van der Waals surface area contributed by atoms with Gasteiger partial charge in [-0.15, -0.1) is 11.3 Å². The normalized spacial score (nSPS) is 10.3. The maximum atomic E-state index is 11.7. The summed E-state index contributed by atoms with van der Waals surface area (Å²) >= 11 is 1.58. The Labute approximate surface area is 120 Å². The second kappa shape index (κ2) is 6.33. The molecular weight excluding hydrogens is 278 g/mol. The summed E-state index contributed by atoms with van der Waals surface area (Å²) in [6.07, 6.45) is -0.525. The quantitative estimate of drug-likeness (QED) is 0.930. The third kappa shape index (κ3) is 3.45. The molecule has 7 heteroatoms. The van der Waals surface area contributed by atoms with Crippen LogP contribution in [0.3, 0.4) is 0 Å². The van der Waals surface area contributed by atoms with Crippen LogP contribution in [0.4, 0.5) is 4.79 Å². The fourth-order valence-electron chi connectivity index (χ4n) is 1.64. The van der Waals surface area contributed by atoms with E-state index in [1.165, 1.54) is 17.9 Å². The highest BCUT2D eigenvalue weighted by Crippen LogP contribution is 2.24. The fraction of sp³-hybridized carbons (Fsp3) is 0.308. The Hall–Kier alpha value is -2.15. The van der Waals surface area contributed by atoms with Crippen LogP contribution in [0.1, 0.15) is 5.56 Å². The molecule has 0 aliphatic heterocycles. The zero-order chi connectivity index (χ0) is 14.5. The van der Waals surface area contributed by atoms with Gasteiger partial charge in [-0.2, -0.15) is 5.10 Å². The predicted molar refractivity (Wildman–Crippen MR) is 77.0 cm³/mol. The molecule has 2 aromatic heterocycles. The number of ether oxygens (including phenoxy) is 1. The molecule has 0 bridgehead atoms. The Balaban J connectivity index is 2.13. The molecule has 0 saturated heterocycles. The second-order valence-corrected chi connectivity index (χ2v) is 5.10. The number of nitrogens with zero attached hydrogens (tertiary/aromatic N) is 2. The summed E-state index contributed by atoms with van der Waals surface area (Å²) < 4.78 is 5.79. The summed E-state index contributed by atoms with van der Waals surface area (Å²) in [5.41, 5.74) is 1.71. The van der Waals surface area contributed by atoms with Gasteiger partial charge in [0.2, 0.25) is 0 Å². The lowest BCUT2D eigenvalue weighted by molar-refractivity contribution is 0.170. The number of alkyl carbamates (subject to hydrolysis) is 1. The lowest BCUT2D eigenvalue weighted by Gasteiger charge is -2.07. The van der Waals surface area contributed by atoms with Gasteiger partial charge in [-0.1, -0.05) is 0 Å². The fourth-order valence-corrected chi connectivity index (χ4v) is 2.51. The summed E-state index contributed by atoms with van der Waals surface area (Å²) in [6, 6.07) is 5.21. The van der Waals surface area contributed by atoms with Crippen molar-refractivity contribution in [3.63, 3.8) is 0 Å². The molecule has 0 aromatic carbocycles. The van der Waals surface area contributed by atoms with E-state index in [1.807, 2.05) is 18.4 Å². The number of hydrogen-bond acceptors (Lipinski definition) is 5. The van der Waals surface area contributed by atoms with Crippen LogP contribution in [0.2, 0.25) is 0 Å². The van der Waals surface area contributed by atoms with Crippen LogP contribution in [-0.4, -0.2) is 29.5 Å². The van der Waals surface area contributed by atoms with Gasteiger partial charge >= 0.3 is 6.09 Å². The van der Waals surface area contributed by atoms with Gasteiger partial charge in [0.15, 0.2) is 0 Å². The minimum atomic E-state index is -0.525. The van der Waals surface area contributed by atoms with Gasteiger partial charge in [-0.05, 0) is 30.0 Å². The third-order valence-electron chi connectivity index (χ3n) is 2.63. The summed E-state index contributed by atoms with van der Waals surface area (Å²) in [6.45, 7) is 2.59. The first-order valence-corrected chi connectivity index (χ1v) is 6.93. The Bertz CT molecular complexity index is 663. The molecule has 2 aromatic rings. The van der Waals surface area contributed by atoms with Gasteiger partial charge in [0, 0.05) is 12.6 Å². The molecule has 1 amide bonds. The number of nitrogens with one attached hydrogen (secondary N) is 1. The Morgan fingerprint density at radius 2 is 2.30 bits per heavy atom. The molecule has 1 N–H and O–H groups in total. The number of thiophene rings is 1. The molecule has 0 atom stereocenters. The lowest BCUT2D eigenvalue weighted by Crippen LogP contribution is -2.31. The molecule has 0 fully saturated rings. The van der Waals surface area contributed by atoms with E-state index >= 15 is 0 Å².